The van der Waals surface area contributed by atoms with E-state index in [1.165, 1.54) is 24.8 Å². The van der Waals surface area contributed by atoms with E-state index >= 15 is 0 Å². The molecule has 0 bridgehead atoms. The highest BCUT2D eigenvalue weighted by atomic mass is 16.5. The summed E-state index contributed by atoms with van der Waals surface area (Å²) in [6.45, 7) is 4.17. The SMILES string of the molecule is COc1ccc(CCN2CCCCCC2C(C)N2C=Cc3cc(OC)c(OC)cc3CC2=O)cc1OC. The number of benzene rings is 2. The van der Waals surface area contributed by atoms with Gasteiger partial charge < -0.3 is 23.8 Å². The molecule has 1 saturated heterocycles. The maximum atomic E-state index is 13.5. The van der Waals surface area contributed by atoms with Gasteiger partial charge in [-0.25, -0.2) is 0 Å². The van der Waals surface area contributed by atoms with E-state index in [1.54, 1.807) is 28.4 Å². The molecule has 2 atom stereocenters. The fourth-order valence-electron chi connectivity index (χ4n) is 5.62. The van der Waals surface area contributed by atoms with Crippen LogP contribution >= 0.6 is 0 Å². The van der Waals surface area contributed by atoms with Crippen molar-refractivity contribution in [3.63, 3.8) is 0 Å². The first-order chi connectivity index (χ1) is 18.0. The van der Waals surface area contributed by atoms with Crippen LogP contribution in [0.5, 0.6) is 23.0 Å². The number of methoxy groups -OCH3 is 4. The Morgan fingerprint density at radius 2 is 1.59 bits per heavy atom. The highest BCUT2D eigenvalue weighted by Crippen LogP contribution is 2.34. The Labute approximate surface area is 220 Å². The predicted molar refractivity (Wildman–Crippen MR) is 146 cm³/mol. The van der Waals surface area contributed by atoms with Gasteiger partial charge in [-0.15, -0.1) is 0 Å². The van der Waals surface area contributed by atoms with E-state index in [1.807, 2.05) is 35.4 Å². The molecule has 4 rings (SSSR count). The van der Waals surface area contributed by atoms with E-state index in [2.05, 4.69) is 24.0 Å². The fraction of sp³-hybridized carbons (Fsp3) is 0.500. The van der Waals surface area contributed by atoms with E-state index in [0.717, 1.165) is 48.6 Å². The van der Waals surface area contributed by atoms with Crippen molar-refractivity contribution in [3.8, 4) is 23.0 Å². The Morgan fingerprint density at radius 1 is 0.892 bits per heavy atom. The molecule has 2 aromatic rings. The smallest absolute Gasteiger partial charge is 0.231 e. The number of hydrogen-bond acceptors (Lipinski definition) is 6. The molecule has 200 valence electrons. The van der Waals surface area contributed by atoms with Gasteiger partial charge >= 0.3 is 0 Å². The lowest BCUT2D eigenvalue weighted by Gasteiger charge is -2.39. The zero-order valence-corrected chi connectivity index (χ0v) is 22.8. The molecule has 0 aliphatic carbocycles. The lowest BCUT2D eigenvalue weighted by molar-refractivity contribution is -0.130. The highest BCUT2D eigenvalue weighted by molar-refractivity contribution is 5.84. The van der Waals surface area contributed by atoms with E-state index in [-0.39, 0.29) is 11.9 Å². The quantitative estimate of drug-likeness (QED) is 0.478. The van der Waals surface area contributed by atoms with E-state index < -0.39 is 0 Å². The second-order valence-electron chi connectivity index (χ2n) is 9.83. The first-order valence-corrected chi connectivity index (χ1v) is 13.2. The van der Waals surface area contributed by atoms with Gasteiger partial charge in [0.2, 0.25) is 5.91 Å². The Bertz CT molecular complexity index is 1120. The lowest BCUT2D eigenvalue weighted by Crippen LogP contribution is -2.51. The molecule has 7 nitrogen and oxygen atoms in total. The van der Waals surface area contributed by atoms with Crippen molar-refractivity contribution in [2.24, 2.45) is 0 Å². The third-order valence-electron chi connectivity index (χ3n) is 7.74. The molecule has 0 aromatic heterocycles. The lowest BCUT2D eigenvalue weighted by atomic mass is 10.00. The van der Waals surface area contributed by atoms with Crippen molar-refractivity contribution >= 4 is 12.0 Å². The van der Waals surface area contributed by atoms with Crippen LogP contribution in [0.15, 0.2) is 36.5 Å². The summed E-state index contributed by atoms with van der Waals surface area (Å²) >= 11 is 0. The molecule has 2 heterocycles. The van der Waals surface area contributed by atoms with Crippen LogP contribution in [0.25, 0.3) is 6.08 Å². The molecule has 37 heavy (non-hydrogen) atoms. The van der Waals surface area contributed by atoms with Gasteiger partial charge in [0, 0.05) is 24.8 Å². The van der Waals surface area contributed by atoms with Crippen LogP contribution in [0.1, 0.15) is 49.3 Å². The number of hydrogen-bond donors (Lipinski definition) is 0. The summed E-state index contributed by atoms with van der Waals surface area (Å²) in [5, 5.41) is 0. The van der Waals surface area contributed by atoms with E-state index in [9.17, 15) is 4.79 Å². The van der Waals surface area contributed by atoms with Crippen LogP contribution in [0.3, 0.4) is 0 Å². The largest absolute Gasteiger partial charge is 0.493 e. The molecular weight excluding hydrogens is 468 g/mol. The molecule has 7 heteroatoms. The summed E-state index contributed by atoms with van der Waals surface area (Å²) in [7, 11) is 6.58. The van der Waals surface area contributed by atoms with Crippen LogP contribution in [0.2, 0.25) is 0 Å². The predicted octanol–water partition coefficient (Wildman–Crippen LogP) is 4.95. The summed E-state index contributed by atoms with van der Waals surface area (Å²) in [6, 6.07) is 10.4. The van der Waals surface area contributed by atoms with Gasteiger partial charge in [0.05, 0.1) is 34.9 Å². The molecule has 2 aliphatic heterocycles. The minimum atomic E-state index is 0.0605. The van der Waals surface area contributed by atoms with E-state index in [4.69, 9.17) is 18.9 Å². The number of ether oxygens (including phenoxy) is 4. The van der Waals surface area contributed by atoms with Crippen molar-refractivity contribution in [1.82, 2.24) is 9.80 Å². The van der Waals surface area contributed by atoms with Crippen molar-refractivity contribution in [2.45, 2.75) is 57.5 Å². The van der Waals surface area contributed by atoms with Crippen molar-refractivity contribution < 1.29 is 23.7 Å². The molecule has 0 N–H and O–H groups in total. The number of carbonyl (C=O) groups is 1. The average molecular weight is 509 g/mol. The zero-order valence-electron chi connectivity index (χ0n) is 22.8. The van der Waals surface area contributed by atoms with Crippen LogP contribution in [-0.2, 0) is 17.6 Å². The van der Waals surface area contributed by atoms with Crippen LogP contribution in [0, 0.1) is 0 Å². The normalized spacial score (nSPS) is 19.0. The third-order valence-corrected chi connectivity index (χ3v) is 7.74. The summed E-state index contributed by atoms with van der Waals surface area (Å²) in [6.07, 6.45) is 9.92. The van der Waals surface area contributed by atoms with Crippen molar-refractivity contribution in [3.05, 3.63) is 53.2 Å². The summed E-state index contributed by atoms with van der Waals surface area (Å²) in [4.78, 5) is 18.0. The standard InChI is InChI=1S/C30H40N2O5/c1-21(32-16-13-23-18-28(36-4)29(37-5)19-24(23)20-30(32)33)25-9-7-6-8-14-31(25)15-12-22-10-11-26(34-2)27(17-22)35-3/h10-11,13,16-19,21,25H,6-9,12,14-15,20H2,1-5H3. The van der Waals surface area contributed by atoms with Gasteiger partial charge in [0.25, 0.3) is 0 Å². The average Bonchev–Trinajstić information content (AvgIpc) is 3.25. The summed E-state index contributed by atoms with van der Waals surface area (Å²) in [5.74, 6) is 2.93. The zero-order chi connectivity index (χ0) is 26.4. The second-order valence-corrected chi connectivity index (χ2v) is 9.83. The molecule has 2 aromatic carbocycles. The summed E-state index contributed by atoms with van der Waals surface area (Å²) in [5.41, 5.74) is 3.17. The molecule has 1 amide bonds. The van der Waals surface area contributed by atoms with Gasteiger partial charge in [0.1, 0.15) is 0 Å². The monoisotopic (exact) mass is 508 g/mol. The number of carbonyl (C=O) groups excluding carboxylic acids is 1. The van der Waals surface area contributed by atoms with Crippen molar-refractivity contribution in [1.29, 1.82) is 0 Å². The Kier molecular flexibility index (Phi) is 8.98. The maximum Gasteiger partial charge on any atom is 0.231 e. The van der Waals surface area contributed by atoms with Crippen LogP contribution in [-0.4, -0.2) is 69.3 Å². The summed E-state index contributed by atoms with van der Waals surface area (Å²) < 4.78 is 21.8. The molecular formula is C30H40N2O5. The molecule has 0 radical (unpaired) electrons. The Morgan fingerprint density at radius 3 is 2.32 bits per heavy atom. The molecule has 2 aliphatic rings. The minimum Gasteiger partial charge on any atom is -0.493 e. The first kappa shape index (κ1) is 26.9. The topological polar surface area (TPSA) is 60.5 Å². The number of rotatable bonds is 9. The first-order valence-electron chi connectivity index (χ1n) is 13.2. The highest BCUT2D eigenvalue weighted by Gasteiger charge is 2.32. The van der Waals surface area contributed by atoms with Crippen LogP contribution in [0.4, 0.5) is 0 Å². The van der Waals surface area contributed by atoms with Crippen LogP contribution < -0.4 is 18.9 Å². The van der Waals surface area contributed by atoms with Gasteiger partial charge in [0.15, 0.2) is 23.0 Å². The minimum absolute atomic E-state index is 0.0605. The molecule has 1 fully saturated rings. The second kappa shape index (κ2) is 12.4. The van der Waals surface area contributed by atoms with Gasteiger partial charge in [-0.2, -0.15) is 0 Å². The van der Waals surface area contributed by atoms with Gasteiger partial charge in [-0.1, -0.05) is 18.9 Å². The van der Waals surface area contributed by atoms with Gasteiger partial charge in [-0.05, 0) is 79.8 Å². The molecule has 2 unspecified atom stereocenters. The van der Waals surface area contributed by atoms with Gasteiger partial charge in [-0.3, -0.25) is 9.69 Å². The molecule has 0 spiro atoms. The Balaban J connectivity index is 1.51. The Hall–Kier alpha value is -3.19. The molecule has 0 saturated carbocycles. The number of amides is 1. The fourth-order valence-corrected chi connectivity index (χ4v) is 5.62. The third kappa shape index (κ3) is 6.04. The number of fused-ring (bicyclic) bond motifs is 1. The van der Waals surface area contributed by atoms with Crippen molar-refractivity contribution in [2.75, 3.05) is 41.5 Å². The van der Waals surface area contributed by atoms with E-state index in [0.29, 0.717) is 24.0 Å². The number of nitrogens with zero attached hydrogens (tertiary/aromatic N) is 2. The number of likely N-dealkylation sites (tertiary alicyclic amines) is 1. The maximum absolute atomic E-state index is 13.5.